The van der Waals surface area contributed by atoms with Crippen molar-refractivity contribution >= 4 is 32.7 Å². The van der Waals surface area contributed by atoms with Gasteiger partial charge in [0, 0.05) is 32.9 Å². The van der Waals surface area contributed by atoms with E-state index in [2.05, 4.69) is 178 Å². The molecule has 0 radical (unpaired) electrons. The highest BCUT2D eigenvalue weighted by molar-refractivity contribution is 6.10. The monoisotopic (exact) mass is 716 g/mol. The molecule has 0 amide bonds. The van der Waals surface area contributed by atoms with Gasteiger partial charge in [-0.25, -0.2) is 9.97 Å². The molecule has 0 unspecified atom stereocenters. The van der Waals surface area contributed by atoms with Crippen LogP contribution < -0.4 is 0 Å². The largest absolute Gasteiger partial charge is 0.456 e. The average Bonchev–Trinajstić information content (AvgIpc) is 3.73. The molecular weight excluding hydrogens is 681 g/mol. The smallest absolute Gasteiger partial charge is 0.160 e. The van der Waals surface area contributed by atoms with Gasteiger partial charge in [-0.15, -0.1) is 0 Å². The fourth-order valence-electron chi connectivity index (χ4n) is 8.70. The van der Waals surface area contributed by atoms with Crippen molar-refractivity contribution in [3.05, 3.63) is 193 Å². The highest BCUT2D eigenvalue weighted by Gasteiger charge is 2.35. The summed E-state index contributed by atoms with van der Waals surface area (Å²) in [5, 5.41) is 4.62. The Bertz CT molecular complexity index is 3160. The van der Waals surface area contributed by atoms with E-state index >= 15 is 0 Å². The van der Waals surface area contributed by atoms with Crippen LogP contribution in [0.3, 0.4) is 0 Å². The molecule has 0 spiro atoms. The molecule has 0 aliphatic heterocycles. The van der Waals surface area contributed by atoms with Crippen molar-refractivity contribution in [3.63, 3.8) is 0 Å². The van der Waals surface area contributed by atoms with Crippen LogP contribution in [-0.4, -0.2) is 9.97 Å². The van der Waals surface area contributed by atoms with Gasteiger partial charge in [0.05, 0.1) is 11.4 Å². The van der Waals surface area contributed by atoms with E-state index in [1.807, 2.05) is 18.2 Å². The maximum absolute atomic E-state index is 6.53. The van der Waals surface area contributed by atoms with Gasteiger partial charge in [0.15, 0.2) is 5.82 Å². The summed E-state index contributed by atoms with van der Waals surface area (Å²) in [6.07, 6.45) is 0. The number of rotatable bonds is 5. The van der Waals surface area contributed by atoms with E-state index in [4.69, 9.17) is 14.4 Å². The molecule has 3 heteroatoms. The second-order valence-corrected chi connectivity index (χ2v) is 15.4. The topological polar surface area (TPSA) is 38.9 Å². The summed E-state index contributed by atoms with van der Waals surface area (Å²) in [7, 11) is 0. The molecule has 3 nitrogen and oxygen atoms in total. The van der Waals surface area contributed by atoms with Gasteiger partial charge in [-0.2, -0.15) is 0 Å². The van der Waals surface area contributed by atoms with E-state index in [1.54, 1.807) is 0 Å². The molecule has 264 valence electrons. The minimum Gasteiger partial charge on any atom is -0.456 e. The van der Waals surface area contributed by atoms with Crippen LogP contribution in [0.4, 0.5) is 0 Å². The first-order valence-corrected chi connectivity index (χ1v) is 19.2. The zero-order valence-corrected chi connectivity index (χ0v) is 31.1. The SMILES string of the molecule is CC1(C)c2ccccc2-c2ccc(-c3cc(-c4cc(-c5ccccc5)cc(-c5ccc6c(c5)oc5cc7ccccc7cc56)c4)nc(-c4ccccc4)n3)cc21. The molecule has 0 N–H and O–H groups in total. The van der Waals surface area contributed by atoms with Gasteiger partial charge in [-0.1, -0.05) is 141 Å². The maximum Gasteiger partial charge on any atom is 0.160 e. The molecule has 0 bridgehead atoms. The Morgan fingerprint density at radius 1 is 0.375 bits per heavy atom. The van der Waals surface area contributed by atoms with Crippen molar-refractivity contribution in [3.8, 4) is 67.3 Å². The summed E-state index contributed by atoms with van der Waals surface area (Å²) in [6.45, 7) is 4.65. The normalized spacial score (nSPS) is 13.0. The van der Waals surface area contributed by atoms with Crippen molar-refractivity contribution in [2.45, 2.75) is 19.3 Å². The second kappa shape index (κ2) is 12.5. The number of hydrogen-bond acceptors (Lipinski definition) is 3. The van der Waals surface area contributed by atoms with Crippen LogP contribution in [0.25, 0.3) is 100.0 Å². The van der Waals surface area contributed by atoms with Gasteiger partial charge >= 0.3 is 0 Å². The predicted octanol–water partition coefficient (Wildman–Crippen LogP) is 14.2. The first-order valence-electron chi connectivity index (χ1n) is 19.2. The summed E-state index contributed by atoms with van der Waals surface area (Å²) < 4.78 is 6.53. The lowest BCUT2D eigenvalue weighted by Gasteiger charge is -2.22. The molecule has 0 saturated carbocycles. The first-order chi connectivity index (χ1) is 27.5. The van der Waals surface area contributed by atoms with Gasteiger partial charge in [-0.3, -0.25) is 0 Å². The standard InChI is InChI=1S/C53H36N2O/c1-53(2)46-20-12-11-19-42(46)43-23-22-38(29-47(43)53)48-32-49(55-52(54-48)34-15-7-4-8-16-34)41-26-39(33-13-5-3-6-14-33)25-40(27-41)37-21-24-44-45-28-35-17-9-10-18-36(35)30-51(45)56-50(44)31-37/h3-32H,1-2H3. The molecule has 1 aliphatic rings. The second-order valence-electron chi connectivity index (χ2n) is 15.4. The molecule has 56 heavy (non-hydrogen) atoms. The number of furan rings is 1. The van der Waals surface area contributed by atoms with E-state index in [9.17, 15) is 0 Å². The zero-order valence-electron chi connectivity index (χ0n) is 31.1. The molecule has 2 aromatic heterocycles. The lowest BCUT2D eigenvalue weighted by atomic mass is 9.82. The van der Waals surface area contributed by atoms with Crippen molar-refractivity contribution < 1.29 is 4.42 Å². The first kappa shape index (κ1) is 32.3. The van der Waals surface area contributed by atoms with Gasteiger partial charge in [-0.05, 0) is 110 Å². The molecule has 0 fully saturated rings. The van der Waals surface area contributed by atoms with E-state index < -0.39 is 0 Å². The number of nitrogens with zero attached hydrogens (tertiary/aromatic N) is 2. The van der Waals surface area contributed by atoms with E-state index in [0.717, 1.165) is 72.3 Å². The Labute approximate surface area is 325 Å². The molecule has 0 atom stereocenters. The lowest BCUT2D eigenvalue weighted by Crippen LogP contribution is -2.14. The minimum atomic E-state index is -0.118. The van der Waals surface area contributed by atoms with Crippen molar-refractivity contribution in [2.75, 3.05) is 0 Å². The quantitative estimate of drug-likeness (QED) is 0.178. The molecule has 1 aliphatic carbocycles. The maximum atomic E-state index is 6.53. The average molecular weight is 717 g/mol. The van der Waals surface area contributed by atoms with Crippen LogP contribution in [-0.2, 0) is 5.41 Å². The van der Waals surface area contributed by atoms with Gasteiger partial charge in [0.2, 0.25) is 0 Å². The van der Waals surface area contributed by atoms with E-state index in [1.165, 1.54) is 33.0 Å². The third-order valence-corrected chi connectivity index (χ3v) is 11.6. The molecule has 11 rings (SSSR count). The lowest BCUT2D eigenvalue weighted by molar-refractivity contribution is 0.660. The Morgan fingerprint density at radius 2 is 0.964 bits per heavy atom. The van der Waals surface area contributed by atoms with Gasteiger partial charge in [0.25, 0.3) is 0 Å². The fraction of sp³-hybridized carbons (Fsp3) is 0.0566. The van der Waals surface area contributed by atoms with Crippen molar-refractivity contribution in [1.82, 2.24) is 9.97 Å². The number of benzene rings is 8. The third-order valence-electron chi connectivity index (χ3n) is 11.6. The highest BCUT2D eigenvalue weighted by atomic mass is 16.3. The number of fused-ring (bicyclic) bond motifs is 7. The summed E-state index contributed by atoms with van der Waals surface area (Å²) in [6, 6.07) is 64.9. The molecule has 2 heterocycles. The Hall–Kier alpha value is -7.10. The van der Waals surface area contributed by atoms with Crippen molar-refractivity contribution in [2.24, 2.45) is 0 Å². The molecule has 8 aromatic carbocycles. The van der Waals surface area contributed by atoms with Crippen LogP contribution in [0.2, 0.25) is 0 Å². The Morgan fingerprint density at radius 3 is 1.75 bits per heavy atom. The van der Waals surface area contributed by atoms with Crippen LogP contribution in [0, 0.1) is 0 Å². The summed E-state index contributed by atoms with van der Waals surface area (Å²) in [5.74, 6) is 0.698. The van der Waals surface area contributed by atoms with Crippen LogP contribution >= 0.6 is 0 Å². The van der Waals surface area contributed by atoms with E-state index in [0.29, 0.717) is 5.82 Å². The zero-order chi connectivity index (χ0) is 37.4. The number of hydrogen-bond donors (Lipinski definition) is 0. The summed E-state index contributed by atoms with van der Waals surface area (Å²) in [4.78, 5) is 10.5. The molecule has 0 saturated heterocycles. The predicted molar refractivity (Wildman–Crippen MR) is 232 cm³/mol. The highest BCUT2D eigenvalue weighted by Crippen LogP contribution is 2.49. The Balaban J connectivity index is 1.09. The summed E-state index contributed by atoms with van der Waals surface area (Å²) >= 11 is 0. The summed E-state index contributed by atoms with van der Waals surface area (Å²) in [5.41, 5.74) is 16.2. The Kier molecular flexibility index (Phi) is 7.20. The van der Waals surface area contributed by atoms with Crippen molar-refractivity contribution in [1.29, 1.82) is 0 Å². The fourth-order valence-corrected chi connectivity index (χ4v) is 8.70. The minimum absolute atomic E-state index is 0.118. The van der Waals surface area contributed by atoms with Gasteiger partial charge in [0.1, 0.15) is 11.2 Å². The van der Waals surface area contributed by atoms with E-state index in [-0.39, 0.29) is 5.41 Å². The van der Waals surface area contributed by atoms with Gasteiger partial charge < -0.3 is 4.42 Å². The van der Waals surface area contributed by atoms with Crippen LogP contribution in [0.1, 0.15) is 25.0 Å². The number of aromatic nitrogens is 2. The molecule has 10 aromatic rings. The van der Waals surface area contributed by atoms with Crippen LogP contribution in [0.15, 0.2) is 186 Å². The molecular formula is C53H36N2O. The third kappa shape index (κ3) is 5.27. The van der Waals surface area contributed by atoms with Crippen LogP contribution in [0.5, 0.6) is 0 Å².